The van der Waals surface area contributed by atoms with E-state index in [1.54, 1.807) is 7.11 Å². The van der Waals surface area contributed by atoms with Crippen LogP contribution >= 0.6 is 0 Å². The molecule has 0 radical (unpaired) electrons. The molecule has 5 aromatic rings. The minimum atomic E-state index is 0.560. The van der Waals surface area contributed by atoms with E-state index in [1.807, 2.05) is 6.07 Å². The number of benzene rings is 4. The van der Waals surface area contributed by atoms with Gasteiger partial charge in [-0.1, -0.05) is 48.9 Å². The van der Waals surface area contributed by atoms with Crippen LogP contribution in [-0.2, 0) is 26.0 Å². The summed E-state index contributed by atoms with van der Waals surface area (Å²) >= 11 is 0. The van der Waals surface area contributed by atoms with Gasteiger partial charge in [-0.05, 0) is 110 Å². The number of methoxy groups -OCH3 is 1. The third-order valence-electron chi connectivity index (χ3n) is 8.99. The summed E-state index contributed by atoms with van der Waals surface area (Å²) in [5.74, 6) is 2.76. The van der Waals surface area contributed by atoms with Crippen molar-refractivity contribution in [1.82, 2.24) is 9.47 Å². The van der Waals surface area contributed by atoms with Crippen molar-refractivity contribution in [2.24, 2.45) is 0 Å². The SMILES string of the molecule is COc1ccc2c(c1)CCc1c-2n(Cc2ccc(OCCN3CCCCC3)cc2)c2ccc(OCc3ccccc3)cc12. The van der Waals surface area contributed by atoms with Crippen LogP contribution in [0.3, 0.4) is 0 Å². The van der Waals surface area contributed by atoms with Gasteiger partial charge in [0.1, 0.15) is 30.5 Å². The predicted octanol–water partition coefficient (Wildman–Crippen LogP) is 7.91. The molecule has 5 nitrogen and oxygen atoms in total. The first kappa shape index (κ1) is 27.6. The van der Waals surface area contributed by atoms with Crippen molar-refractivity contribution in [2.75, 3.05) is 33.4 Å². The van der Waals surface area contributed by atoms with E-state index in [2.05, 4.69) is 94.4 Å². The van der Waals surface area contributed by atoms with E-state index in [4.69, 9.17) is 14.2 Å². The van der Waals surface area contributed by atoms with Gasteiger partial charge in [0.2, 0.25) is 0 Å². The van der Waals surface area contributed by atoms with Gasteiger partial charge >= 0.3 is 0 Å². The summed E-state index contributed by atoms with van der Waals surface area (Å²) in [6.45, 7) is 5.50. The van der Waals surface area contributed by atoms with E-state index >= 15 is 0 Å². The molecule has 1 aliphatic heterocycles. The van der Waals surface area contributed by atoms with Crippen LogP contribution in [0.15, 0.2) is 91.0 Å². The predicted molar refractivity (Wildman–Crippen MR) is 173 cm³/mol. The molecule has 2 aliphatic rings. The maximum Gasteiger partial charge on any atom is 0.120 e. The van der Waals surface area contributed by atoms with Gasteiger partial charge in [0.15, 0.2) is 0 Å². The fourth-order valence-electron chi connectivity index (χ4n) is 6.70. The third-order valence-corrected chi connectivity index (χ3v) is 8.99. The van der Waals surface area contributed by atoms with Gasteiger partial charge in [0.05, 0.1) is 12.8 Å². The molecule has 1 saturated heterocycles. The molecule has 5 heteroatoms. The second-order valence-electron chi connectivity index (χ2n) is 11.8. The number of aromatic nitrogens is 1. The minimum absolute atomic E-state index is 0.560. The summed E-state index contributed by atoms with van der Waals surface area (Å²) in [6.07, 6.45) is 5.98. The second-order valence-corrected chi connectivity index (χ2v) is 11.8. The molecule has 0 unspecified atom stereocenters. The lowest BCUT2D eigenvalue weighted by molar-refractivity contribution is 0.183. The summed E-state index contributed by atoms with van der Waals surface area (Å²) in [4.78, 5) is 2.52. The molecule has 220 valence electrons. The lowest BCUT2D eigenvalue weighted by atomic mass is 9.88. The number of nitrogens with zero attached hydrogens (tertiary/aromatic N) is 2. The number of fused-ring (bicyclic) bond motifs is 5. The van der Waals surface area contributed by atoms with Crippen LogP contribution in [0.4, 0.5) is 0 Å². The van der Waals surface area contributed by atoms with Crippen molar-refractivity contribution in [3.63, 3.8) is 0 Å². The van der Waals surface area contributed by atoms with Gasteiger partial charge in [0.25, 0.3) is 0 Å². The van der Waals surface area contributed by atoms with Gasteiger partial charge in [-0.15, -0.1) is 0 Å². The molecule has 0 amide bonds. The summed E-state index contributed by atoms with van der Waals surface area (Å²) in [5, 5.41) is 1.28. The molecule has 0 atom stereocenters. The summed E-state index contributed by atoms with van der Waals surface area (Å²) < 4.78 is 20.4. The van der Waals surface area contributed by atoms with Gasteiger partial charge in [-0.3, -0.25) is 4.90 Å². The summed E-state index contributed by atoms with van der Waals surface area (Å²) in [5.41, 5.74) is 9.01. The van der Waals surface area contributed by atoms with Crippen molar-refractivity contribution in [2.45, 2.75) is 45.3 Å². The van der Waals surface area contributed by atoms with E-state index in [0.29, 0.717) is 6.61 Å². The molecular formula is C38H40N2O3. The summed E-state index contributed by atoms with van der Waals surface area (Å²) in [6, 6.07) is 32.1. The Morgan fingerprint density at radius 3 is 2.30 bits per heavy atom. The number of hydrogen-bond acceptors (Lipinski definition) is 4. The van der Waals surface area contributed by atoms with E-state index < -0.39 is 0 Å². The fraction of sp³-hybridized carbons (Fsp3) is 0.316. The highest BCUT2D eigenvalue weighted by Gasteiger charge is 2.25. The molecule has 4 aromatic carbocycles. The van der Waals surface area contributed by atoms with Crippen LogP contribution in [0.2, 0.25) is 0 Å². The Hall–Kier alpha value is -4.22. The Labute approximate surface area is 254 Å². The summed E-state index contributed by atoms with van der Waals surface area (Å²) in [7, 11) is 1.74. The fourth-order valence-corrected chi connectivity index (χ4v) is 6.70. The smallest absolute Gasteiger partial charge is 0.120 e. The van der Waals surface area contributed by atoms with E-state index in [-0.39, 0.29) is 0 Å². The number of ether oxygens (including phenoxy) is 3. The van der Waals surface area contributed by atoms with Gasteiger partial charge < -0.3 is 18.8 Å². The van der Waals surface area contributed by atoms with Crippen molar-refractivity contribution in [3.8, 4) is 28.5 Å². The van der Waals surface area contributed by atoms with Crippen LogP contribution in [0.5, 0.6) is 17.2 Å². The largest absolute Gasteiger partial charge is 0.497 e. The number of hydrogen-bond donors (Lipinski definition) is 0. The minimum Gasteiger partial charge on any atom is -0.497 e. The number of rotatable bonds is 10. The average Bonchev–Trinajstić information content (AvgIpc) is 3.38. The first-order valence-electron chi connectivity index (χ1n) is 15.7. The first-order chi connectivity index (χ1) is 21.2. The number of likely N-dealkylation sites (tertiary alicyclic amines) is 1. The lowest BCUT2D eigenvalue weighted by Gasteiger charge is -2.26. The number of piperidine rings is 1. The van der Waals surface area contributed by atoms with Crippen LogP contribution < -0.4 is 14.2 Å². The number of aryl methyl sites for hydroxylation is 2. The quantitative estimate of drug-likeness (QED) is 0.170. The Bertz CT molecular complexity index is 1680. The Balaban J connectivity index is 1.17. The molecule has 1 fully saturated rings. The molecule has 0 spiro atoms. The van der Waals surface area contributed by atoms with Crippen LogP contribution in [0, 0.1) is 0 Å². The molecule has 7 rings (SSSR count). The molecule has 0 saturated carbocycles. The average molecular weight is 573 g/mol. The molecule has 0 bridgehead atoms. The molecule has 1 aliphatic carbocycles. The molecule has 43 heavy (non-hydrogen) atoms. The Morgan fingerprint density at radius 2 is 1.49 bits per heavy atom. The van der Waals surface area contributed by atoms with Crippen molar-refractivity contribution < 1.29 is 14.2 Å². The maximum atomic E-state index is 6.26. The Morgan fingerprint density at radius 1 is 0.698 bits per heavy atom. The topological polar surface area (TPSA) is 35.9 Å². The molecule has 1 aromatic heterocycles. The van der Waals surface area contributed by atoms with E-state index in [1.165, 1.54) is 76.8 Å². The standard InChI is InChI=1S/C38H40N2O3/c1-41-32-15-18-34-30(24-32)12-17-35-36-25-33(43-27-29-8-4-2-5-9-29)16-19-37(36)40(38(34)35)26-28-10-13-31(14-11-28)42-23-22-39-20-6-3-7-21-39/h2,4-5,8-11,13-16,18-19,24-25H,3,6-7,12,17,20-23,26-27H2,1H3. The van der Waals surface area contributed by atoms with Crippen molar-refractivity contribution in [1.29, 1.82) is 0 Å². The highest BCUT2D eigenvalue weighted by Crippen LogP contribution is 2.42. The van der Waals surface area contributed by atoms with Crippen LogP contribution in [-0.4, -0.2) is 42.8 Å². The normalized spacial score (nSPS) is 14.7. The first-order valence-corrected chi connectivity index (χ1v) is 15.7. The van der Waals surface area contributed by atoms with Gasteiger partial charge in [0, 0.05) is 29.6 Å². The van der Waals surface area contributed by atoms with Crippen molar-refractivity contribution >= 4 is 10.9 Å². The molecular weight excluding hydrogens is 532 g/mol. The zero-order valence-corrected chi connectivity index (χ0v) is 25.1. The van der Waals surface area contributed by atoms with Crippen LogP contribution in [0.1, 0.15) is 41.5 Å². The second kappa shape index (κ2) is 12.6. The van der Waals surface area contributed by atoms with Crippen LogP contribution in [0.25, 0.3) is 22.2 Å². The highest BCUT2D eigenvalue weighted by atomic mass is 16.5. The third kappa shape index (κ3) is 6.00. The van der Waals surface area contributed by atoms with Crippen molar-refractivity contribution in [3.05, 3.63) is 113 Å². The zero-order chi connectivity index (χ0) is 29.0. The highest BCUT2D eigenvalue weighted by molar-refractivity contribution is 5.94. The van der Waals surface area contributed by atoms with Gasteiger partial charge in [-0.25, -0.2) is 0 Å². The molecule has 0 N–H and O–H groups in total. The molecule has 2 heterocycles. The zero-order valence-electron chi connectivity index (χ0n) is 25.1. The Kier molecular flexibility index (Phi) is 8.07. The lowest BCUT2D eigenvalue weighted by Crippen LogP contribution is -2.33. The van der Waals surface area contributed by atoms with Gasteiger partial charge in [-0.2, -0.15) is 0 Å². The van der Waals surface area contributed by atoms with E-state index in [0.717, 1.165) is 49.8 Å². The van der Waals surface area contributed by atoms with E-state index in [9.17, 15) is 0 Å². The monoisotopic (exact) mass is 572 g/mol. The maximum absolute atomic E-state index is 6.26.